The number of nitrogens with zero attached hydrogens (tertiary/aromatic N) is 4. The van der Waals surface area contributed by atoms with Crippen LogP contribution in [0, 0.1) is 0 Å². The van der Waals surface area contributed by atoms with Crippen molar-refractivity contribution in [3.8, 4) is 0 Å². The Labute approximate surface area is 115 Å². The number of nitrogens with one attached hydrogen (secondary N) is 1. The van der Waals surface area contributed by atoms with Crippen molar-refractivity contribution in [1.82, 2.24) is 19.4 Å². The first-order chi connectivity index (χ1) is 9.40. The van der Waals surface area contributed by atoms with E-state index < -0.39 is 0 Å². The molecule has 0 fully saturated rings. The quantitative estimate of drug-likeness (QED) is 0.774. The smallest absolute Gasteiger partial charge is 0.130 e. The SMILES string of the molecule is c1ccc(Cn2cc(CNc3cnns3)cn2)cc1. The summed E-state index contributed by atoms with van der Waals surface area (Å²) in [5.74, 6) is 0. The standard InChI is InChI=1S/C13H13N5S/c1-2-4-11(5-3-1)9-18-10-12(7-16-18)6-14-13-8-15-17-19-13/h1-5,7-8,10,14H,6,9H2. The summed E-state index contributed by atoms with van der Waals surface area (Å²) in [6.45, 7) is 1.53. The van der Waals surface area contributed by atoms with Gasteiger partial charge in [0.1, 0.15) is 5.00 Å². The lowest BCUT2D eigenvalue weighted by Gasteiger charge is -2.01. The third-order valence-electron chi connectivity index (χ3n) is 2.70. The average molecular weight is 271 g/mol. The van der Waals surface area contributed by atoms with E-state index in [1.54, 1.807) is 6.20 Å². The zero-order valence-corrected chi connectivity index (χ0v) is 11.0. The molecule has 2 heterocycles. The predicted molar refractivity (Wildman–Crippen MR) is 75.0 cm³/mol. The number of benzene rings is 1. The molecule has 3 aromatic rings. The van der Waals surface area contributed by atoms with E-state index in [4.69, 9.17) is 0 Å². The number of hydrogen-bond acceptors (Lipinski definition) is 5. The fourth-order valence-corrected chi connectivity index (χ4v) is 2.20. The van der Waals surface area contributed by atoms with Crippen molar-refractivity contribution >= 4 is 16.5 Å². The molecule has 1 N–H and O–H groups in total. The molecular formula is C13H13N5S. The topological polar surface area (TPSA) is 55.6 Å². The molecule has 0 aliphatic rings. The van der Waals surface area contributed by atoms with Crippen LogP contribution < -0.4 is 5.32 Å². The summed E-state index contributed by atoms with van der Waals surface area (Å²) < 4.78 is 5.75. The molecule has 0 bridgehead atoms. The second-order valence-corrected chi connectivity index (χ2v) is 4.95. The summed E-state index contributed by atoms with van der Waals surface area (Å²) in [5, 5.41) is 12.4. The van der Waals surface area contributed by atoms with Gasteiger partial charge >= 0.3 is 0 Å². The van der Waals surface area contributed by atoms with E-state index in [-0.39, 0.29) is 0 Å². The van der Waals surface area contributed by atoms with Gasteiger partial charge in [0.2, 0.25) is 0 Å². The minimum Gasteiger partial charge on any atom is -0.370 e. The molecule has 0 aliphatic carbocycles. The van der Waals surface area contributed by atoms with Crippen LogP contribution in [0.25, 0.3) is 0 Å². The Balaban J connectivity index is 1.60. The Kier molecular flexibility index (Phi) is 3.51. The monoisotopic (exact) mass is 271 g/mol. The van der Waals surface area contributed by atoms with E-state index in [2.05, 4.69) is 38.3 Å². The highest BCUT2D eigenvalue weighted by Gasteiger charge is 2.01. The summed E-state index contributed by atoms with van der Waals surface area (Å²) in [6.07, 6.45) is 5.65. The number of anilines is 1. The number of rotatable bonds is 5. The summed E-state index contributed by atoms with van der Waals surface area (Å²) in [6, 6.07) is 10.3. The van der Waals surface area contributed by atoms with Gasteiger partial charge in [-0.25, -0.2) is 0 Å². The Hall–Kier alpha value is -2.21. The zero-order chi connectivity index (χ0) is 12.9. The summed E-state index contributed by atoms with van der Waals surface area (Å²) >= 11 is 1.35. The van der Waals surface area contributed by atoms with Crippen LogP contribution in [0.2, 0.25) is 0 Å². The fraction of sp³-hybridized carbons (Fsp3) is 0.154. The van der Waals surface area contributed by atoms with Gasteiger partial charge in [-0.1, -0.05) is 34.8 Å². The van der Waals surface area contributed by atoms with Crippen LogP contribution in [0.15, 0.2) is 48.9 Å². The minimum absolute atomic E-state index is 0.735. The summed E-state index contributed by atoms with van der Waals surface area (Å²) in [5.41, 5.74) is 2.39. The van der Waals surface area contributed by atoms with E-state index in [9.17, 15) is 0 Å². The zero-order valence-electron chi connectivity index (χ0n) is 10.2. The molecule has 0 radical (unpaired) electrons. The molecule has 0 saturated carbocycles. The molecular weight excluding hydrogens is 258 g/mol. The Bertz CT molecular complexity index is 618. The van der Waals surface area contributed by atoms with Crippen LogP contribution in [0.5, 0.6) is 0 Å². The normalized spacial score (nSPS) is 10.5. The minimum atomic E-state index is 0.735. The van der Waals surface area contributed by atoms with Crippen LogP contribution in [0.1, 0.15) is 11.1 Å². The van der Waals surface area contributed by atoms with E-state index in [1.807, 2.05) is 29.1 Å². The highest BCUT2D eigenvalue weighted by atomic mass is 32.1. The lowest BCUT2D eigenvalue weighted by atomic mass is 10.2. The molecule has 0 unspecified atom stereocenters. The molecule has 0 atom stereocenters. The first-order valence-electron chi connectivity index (χ1n) is 5.96. The average Bonchev–Trinajstić information content (AvgIpc) is 3.09. The van der Waals surface area contributed by atoms with Crippen LogP contribution in [-0.4, -0.2) is 19.4 Å². The fourth-order valence-electron chi connectivity index (χ4n) is 1.79. The van der Waals surface area contributed by atoms with Gasteiger partial charge in [0.05, 0.1) is 18.9 Å². The van der Waals surface area contributed by atoms with Crippen molar-refractivity contribution in [3.05, 3.63) is 60.0 Å². The molecule has 19 heavy (non-hydrogen) atoms. The lowest BCUT2D eigenvalue weighted by Crippen LogP contribution is -2.00. The Morgan fingerprint density at radius 2 is 2.00 bits per heavy atom. The van der Waals surface area contributed by atoms with Crippen LogP contribution in [0.4, 0.5) is 5.00 Å². The first-order valence-corrected chi connectivity index (χ1v) is 6.74. The third-order valence-corrected chi connectivity index (χ3v) is 3.32. The van der Waals surface area contributed by atoms with E-state index in [0.717, 1.165) is 23.7 Å². The van der Waals surface area contributed by atoms with Crippen LogP contribution in [0.3, 0.4) is 0 Å². The Morgan fingerprint density at radius 1 is 1.11 bits per heavy atom. The van der Waals surface area contributed by atoms with Crippen molar-refractivity contribution in [3.63, 3.8) is 0 Å². The molecule has 1 aromatic carbocycles. The molecule has 0 amide bonds. The molecule has 0 saturated heterocycles. The van der Waals surface area contributed by atoms with Gasteiger partial charge < -0.3 is 5.32 Å². The molecule has 2 aromatic heterocycles. The first kappa shape index (κ1) is 11.9. The van der Waals surface area contributed by atoms with Crippen molar-refractivity contribution in [2.45, 2.75) is 13.1 Å². The molecule has 3 rings (SSSR count). The van der Waals surface area contributed by atoms with Gasteiger partial charge in [-0.15, -0.1) is 5.10 Å². The van der Waals surface area contributed by atoms with Crippen LogP contribution >= 0.6 is 11.5 Å². The molecule has 0 aliphatic heterocycles. The molecule has 6 heteroatoms. The summed E-state index contributed by atoms with van der Waals surface area (Å²) in [7, 11) is 0. The van der Waals surface area contributed by atoms with Gasteiger partial charge in [-0.2, -0.15) is 5.10 Å². The second kappa shape index (κ2) is 5.62. The van der Waals surface area contributed by atoms with Gasteiger partial charge in [0.15, 0.2) is 0 Å². The van der Waals surface area contributed by atoms with E-state index in [0.29, 0.717) is 0 Å². The third kappa shape index (κ3) is 3.17. The lowest BCUT2D eigenvalue weighted by molar-refractivity contribution is 0.686. The maximum Gasteiger partial charge on any atom is 0.130 e. The predicted octanol–water partition coefficient (Wildman–Crippen LogP) is 2.40. The number of aromatic nitrogens is 4. The highest BCUT2D eigenvalue weighted by molar-refractivity contribution is 7.09. The second-order valence-electron chi connectivity index (χ2n) is 4.17. The maximum absolute atomic E-state index is 4.36. The van der Waals surface area contributed by atoms with Gasteiger partial charge in [0, 0.05) is 29.8 Å². The highest BCUT2D eigenvalue weighted by Crippen LogP contribution is 2.11. The maximum atomic E-state index is 4.36. The molecule has 5 nitrogen and oxygen atoms in total. The van der Waals surface area contributed by atoms with Crippen molar-refractivity contribution < 1.29 is 0 Å². The van der Waals surface area contributed by atoms with Crippen molar-refractivity contribution in [2.24, 2.45) is 0 Å². The van der Waals surface area contributed by atoms with Crippen LogP contribution in [-0.2, 0) is 13.1 Å². The Morgan fingerprint density at radius 3 is 2.79 bits per heavy atom. The van der Waals surface area contributed by atoms with Gasteiger partial charge in [0.25, 0.3) is 0 Å². The molecule has 96 valence electrons. The van der Waals surface area contributed by atoms with E-state index in [1.165, 1.54) is 17.1 Å². The largest absolute Gasteiger partial charge is 0.370 e. The van der Waals surface area contributed by atoms with E-state index >= 15 is 0 Å². The van der Waals surface area contributed by atoms with Gasteiger partial charge in [-0.3, -0.25) is 4.68 Å². The van der Waals surface area contributed by atoms with Gasteiger partial charge in [-0.05, 0) is 5.56 Å². The van der Waals surface area contributed by atoms with Crippen molar-refractivity contribution in [2.75, 3.05) is 5.32 Å². The number of hydrogen-bond donors (Lipinski definition) is 1. The van der Waals surface area contributed by atoms with Crippen molar-refractivity contribution in [1.29, 1.82) is 0 Å². The molecule has 0 spiro atoms. The summed E-state index contributed by atoms with van der Waals surface area (Å²) in [4.78, 5) is 0.